The van der Waals surface area contributed by atoms with Crippen molar-refractivity contribution in [2.24, 2.45) is 7.05 Å². The highest BCUT2D eigenvalue weighted by atomic mass is 16.5. The van der Waals surface area contributed by atoms with Crippen LogP contribution in [0.3, 0.4) is 0 Å². The van der Waals surface area contributed by atoms with Crippen LogP contribution in [0.15, 0.2) is 71.9 Å². The van der Waals surface area contributed by atoms with Crippen LogP contribution in [0.1, 0.15) is 16.1 Å². The third-order valence-corrected chi connectivity index (χ3v) is 3.59. The van der Waals surface area contributed by atoms with Crippen molar-refractivity contribution in [2.75, 3.05) is 5.32 Å². The van der Waals surface area contributed by atoms with E-state index in [-0.39, 0.29) is 29.4 Å². The van der Waals surface area contributed by atoms with Crippen LogP contribution >= 0.6 is 0 Å². The Hall–Kier alpha value is -3.41. The summed E-state index contributed by atoms with van der Waals surface area (Å²) >= 11 is 0. The topological polar surface area (TPSA) is 73.2 Å². The number of amides is 1. The molecule has 0 radical (unpaired) electrons. The average Bonchev–Trinajstić information content (AvgIpc) is 2.63. The highest BCUT2D eigenvalue weighted by Gasteiger charge is 2.13. The molecule has 6 nitrogen and oxygen atoms in total. The number of hydrogen-bond donors (Lipinski definition) is 1. The molecule has 3 aromatic rings. The minimum Gasteiger partial charge on any atom is -0.483 e. The van der Waals surface area contributed by atoms with Gasteiger partial charge in [-0.2, -0.15) is 0 Å². The fourth-order valence-corrected chi connectivity index (χ4v) is 2.31. The number of aryl methyl sites for hydroxylation is 1. The number of hydrogen-bond acceptors (Lipinski definition) is 4. The van der Waals surface area contributed by atoms with Gasteiger partial charge < -0.3 is 14.6 Å². The number of carbonyl (C=O) groups excluding carboxylic acids is 1. The number of benzene rings is 1. The Balaban J connectivity index is 1.75. The quantitative estimate of drug-likeness (QED) is 0.778. The Morgan fingerprint density at radius 2 is 2.00 bits per heavy atom. The highest BCUT2D eigenvalue weighted by Crippen LogP contribution is 2.11. The van der Waals surface area contributed by atoms with Crippen molar-refractivity contribution < 1.29 is 9.53 Å². The Morgan fingerprint density at radius 1 is 1.20 bits per heavy atom. The monoisotopic (exact) mass is 335 g/mol. The van der Waals surface area contributed by atoms with Crippen LogP contribution in [0.4, 0.5) is 5.69 Å². The van der Waals surface area contributed by atoms with Crippen molar-refractivity contribution in [2.45, 2.75) is 6.61 Å². The highest BCUT2D eigenvalue weighted by molar-refractivity contribution is 6.02. The third-order valence-electron chi connectivity index (χ3n) is 3.59. The van der Waals surface area contributed by atoms with Gasteiger partial charge in [-0.05, 0) is 17.7 Å². The minimum atomic E-state index is -0.387. The standard InChI is InChI=1S/C19H17N3O3/c1-22-12-18(25-13-14-6-3-2-4-7-14)17(23)10-16(22)19(24)21-15-8-5-9-20-11-15/h2-12H,13H2,1H3,(H,21,24). The van der Waals surface area contributed by atoms with Gasteiger partial charge in [-0.25, -0.2) is 0 Å². The zero-order valence-electron chi connectivity index (χ0n) is 13.7. The lowest BCUT2D eigenvalue weighted by molar-refractivity contribution is 0.101. The predicted octanol–water partition coefficient (Wildman–Crippen LogP) is 2.61. The summed E-state index contributed by atoms with van der Waals surface area (Å²) < 4.78 is 7.14. The fraction of sp³-hybridized carbons (Fsp3) is 0.105. The number of aromatic nitrogens is 2. The molecule has 0 fully saturated rings. The Kier molecular flexibility index (Phi) is 4.89. The summed E-state index contributed by atoms with van der Waals surface area (Å²) in [5, 5.41) is 2.70. The first-order chi connectivity index (χ1) is 12.1. The van der Waals surface area contributed by atoms with Gasteiger partial charge in [-0.3, -0.25) is 14.6 Å². The summed E-state index contributed by atoms with van der Waals surface area (Å²) in [6.45, 7) is 0.289. The fourth-order valence-electron chi connectivity index (χ4n) is 2.31. The molecule has 0 aliphatic rings. The molecule has 126 valence electrons. The van der Waals surface area contributed by atoms with Gasteiger partial charge in [0, 0.05) is 19.3 Å². The maximum atomic E-state index is 12.3. The van der Waals surface area contributed by atoms with E-state index in [2.05, 4.69) is 10.3 Å². The number of nitrogens with zero attached hydrogens (tertiary/aromatic N) is 2. The number of carbonyl (C=O) groups is 1. The second kappa shape index (κ2) is 7.44. The molecule has 3 rings (SSSR count). The van der Waals surface area contributed by atoms with Crippen LogP contribution in [0.2, 0.25) is 0 Å². The zero-order chi connectivity index (χ0) is 17.6. The van der Waals surface area contributed by atoms with Crippen LogP contribution in [0.5, 0.6) is 5.75 Å². The van der Waals surface area contributed by atoms with Gasteiger partial charge in [0.2, 0.25) is 5.43 Å². The Labute approximate surface area is 144 Å². The van der Waals surface area contributed by atoms with Crippen LogP contribution in [0, 0.1) is 0 Å². The molecular formula is C19H17N3O3. The normalized spacial score (nSPS) is 10.3. The van der Waals surface area contributed by atoms with E-state index in [4.69, 9.17) is 4.74 Å². The summed E-state index contributed by atoms with van der Waals surface area (Å²) in [6.07, 6.45) is 4.67. The number of ether oxygens (including phenoxy) is 1. The van der Waals surface area contributed by atoms with Crippen molar-refractivity contribution in [3.05, 3.63) is 88.6 Å². The first-order valence-electron chi connectivity index (χ1n) is 7.72. The van der Waals surface area contributed by atoms with E-state index < -0.39 is 0 Å². The number of nitrogens with one attached hydrogen (secondary N) is 1. The number of rotatable bonds is 5. The Morgan fingerprint density at radius 3 is 2.72 bits per heavy atom. The van der Waals surface area contributed by atoms with Crippen LogP contribution in [0.25, 0.3) is 0 Å². The SMILES string of the molecule is Cn1cc(OCc2ccccc2)c(=O)cc1C(=O)Nc1cccnc1. The van der Waals surface area contributed by atoms with E-state index in [0.29, 0.717) is 5.69 Å². The molecular weight excluding hydrogens is 318 g/mol. The smallest absolute Gasteiger partial charge is 0.272 e. The molecule has 1 aromatic carbocycles. The molecule has 2 heterocycles. The van der Waals surface area contributed by atoms with Gasteiger partial charge in [0.25, 0.3) is 5.91 Å². The third kappa shape index (κ3) is 4.11. The molecule has 0 saturated heterocycles. The van der Waals surface area contributed by atoms with Crippen LogP contribution in [-0.2, 0) is 13.7 Å². The van der Waals surface area contributed by atoms with Gasteiger partial charge in [0.1, 0.15) is 12.3 Å². The van der Waals surface area contributed by atoms with Crippen molar-refractivity contribution in [3.63, 3.8) is 0 Å². The van der Waals surface area contributed by atoms with E-state index in [1.807, 2.05) is 30.3 Å². The maximum Gasteiger partial charge on any atom is 0.272 e. The summed E-state index contributed by atoms with van der Waals surface area (Å²) in [5.41, 5.74) is 1.42. The summed E-state index contributed by atoms with van der Waals surface area (Å²) in [6, 6.07) is 14.3. The van der Waals surface area contributed by atoms with Gasteiger partial charge in [0.15, 0.2) is 5.75 Å². The average molecular weight is 335 g/mol. The largest absolute Gasteiger partial charge is 0.483 e. The molecule has 0 spiro atoms. The van der Waals surface area contributed by atoms with E-state index in [1.54, 1.807) is 29.9 Å². The molecule has 2 aromatic heterocycles. The molecule has 0 bridgehead atoms. The van der Waals surface area contributed by atoms with Gasteiger partial charge >= 0.3 is 0 Å². The minimum absolute atomic E-state index is 0.198. The molecule has 0 atom stereocenters. The molecule has 0 aliphatic carbocycles. The lowest BCUT2D eigenvalue weighted by Crippen LogP contribution is -2.21. The first-order valence-corrected chi connectivity index (χ1v) is 7.72. The molecule has 6 heteroatoms. The number of anilines is 1. The summed E-state index contributed by atoms with van der Waals surface area (Å²) in [4.78, 5) is 28.5. The summed E-state index contributed by atoms with van der Waals surface area (Å²) in [7, 11) is 1.69. The number of pyridine rings is 2. The lowest BCUT2D eigenvalue weighted by Gasteiger charge is -2.12. The van der Waals surface area contributed by atoms with E-state index >= 15 is 0 Å². The molecule has 0 saturated carbocycles. The molecule has 25 heavy (non-hydrogen) atoms. The molecule has 1 N–H and O–H groups in total. The van der Waals surface area contributed by atoms with Gasteiger partial charge in [-0.1, -0.05) is 30.3 Å². The van der Waals surface area contributed by atoms with E-state index in [9.17, 15) is 9.59 Å². The summed E-state index contributed by atoms with van der Waals surface area (Å²) in [5.74, 6) is -0.188. The van der Waals surface area contributed by atoms with Crippen molar-refractivity contribution in [3.8, 4) is 5.75 Å². The van der Waals surface area contributed by atoms with Gasteiger partial charge in [0.05, 0.1) is 18.1 Å². The van der Waals surface area contributed by atoms with E-state index in [1.165, 1.54) is 18.5 Å². The second-order valence-corrected chi connectivity index (χ2v) is 5.47. The van der Waals surface area contributed by atoms with Crippen molar-refractivity contribution in [1.82, 2.24) is 9.55 Å². The van der Waals surface area contributed by atoms with Crippen molar-refractivity contribution >= 4 is 11.6 Å². The van der Waals surface area contributed by atoms with Gasteiger partial charge in [-0.15, -0.1) is 0 Å². The molecule has 0 aliphatic heterocycles. The lowest BCUT2D eigenvalue weighted by atomic mass is 10.2. The maximum absolute atomic E-state index is 12.3. The second-order valence-electron chi connectivity index (χ2n) is 5.47. The molecule has 1 amide bonds. The predicted molar refractivity (Wildman–Crippen MR) is 94.6 cm³/mol. The first kappa shape index (κ1) is 16.4. The Bertz CT molecular complexity index is 922. The molecule has 0 unspecified atom stereocenters. The van der Waals surface area contributed by atoms with Crippen molar-refractivity contribution in [1.29, 1.82) is 0 Å². The van der Waals surface area contributed by atoms with Crippen LogP contribution in [-0.4, -0.2) is 15.5 Å². The van der Waals surface area contributed by atoms with Crippen LogP contribution < -0.4 is 15.5 Å². The zero-order valence-corrected chi connectivity index (χ0v) is 13.7. The van der Waals surface area contributed by atoms with E-state index in [0.717, 1.165) is 5.56 Å².